The third-order valence-electron chi connectivity index (χ3n) is 3.84. The highest BCUT2D eigenvalue weighted by molar-refractivity contribution is 5.96. The zero-order valence-electron chi connectivity index (χ0n) is 13.8. The van der Waals surface area contributed by atoms with Crippen molar-refractivity contribution in [1.82, 2.24) is 0 Å². The minimum Gasteiger partial charge on any atom is -0.494 e. The van der Waals surface area contributed by atoms with E-state index in [-0.39, 0.29) is 5.91 Å². The van der Waals surface area contributed by atoms with Crippen molar-refractivity contribution in [2.75, 3.05) is 11.9 Å². The second kappa shape index (κ2) is 7.64. The summed E-state index contributed by atoms with van der Waals surface area (Å²) in [6, 6.07) is 21.7. The normalized spacial score (nSPS) is 10.5. The fourth-order valence-corrected chi connectivity index (χ4v) is 2.68. The van der Waals surface area contributed by atoms with E-state index in [1.54, 1.807) is 0 Å². The Labute approximate surface area is 142 Å². The maximum Gasteiger partial charge on any atom is 0.228 e. The lowest BCUT2D eigenvalue weighted by Gasteiger charge is -2.09. The smallest absolute Gasteiger partial charge is 0.228 e. The van der Waals surface area contributed by atoms with E-state index in [0.29, 0.717) is 13.0 Å². The van der Waals surface area contributed by atoms with Crippen LogP contribution in [-0.2, 0) is 11.2 Å². The molecule has 3 nitrogen and oxygen atoms in total. The summed E-state index contributed by atoms with van der Waals surface area (Å²) in [5.41, 5.74) is 1.82. The summed E-state index contributed by atoms with van der Waals surface area (Å²) < 4.78 is 5.55. The van der Waals surface area contributed by atoms with Crippen LogP contribution in [0.25, 0.3) is 10.8 Å². The molecule has 3 aromatic rings. The molecule has 0 aliphatic carbocycles. The minimum absolute atomic E-state index is 0.0198. The van der Waals surface area contributed by atoms with Gasteiger partial charge in [0.1, 0.15) is 5.75 Å². The number of anilines is 1. The molecule has 3 heteroatoms. The fraction of sp³-hybridized carbons (Fsp3) is 0.190. The summed E-state index contributed by atoms with van der Waals surface area (Å²) in [7, 11) is 0. The molecule has 1 amide bonds. The molecule has 0 aromatic heterocycles. The third-order valence-corrected chi connectivity index (χ3v) is 3.84. The Bertz CT molecular complexity index is 819. The van der Waals surface area contributed by atoms with E-state index in [0.717, 1.165) is 34.2 Å². The zero-order valence-corrected chi connectivity index (χ0v) is 13.8. The van der Waals surface area contributed by atoms with Crippen LogP contribution in [0.5, 0.6) is 5.75 Å². The number of benzene rings is 3. The van der Waals surface area contributed by atoms with Crippen LogP contribution in [0.2, 0.25) is 0 Å². The van der Waals surface area contributed by atoms with Gasteiger partial charge in [-0.15, -0.1) is 0 Å². The van der Waals surface area contributed by atoms with Gasteiger partial charge in [-0.25, -0.2) is 0 Å². The highest BCUT2D eigenvalue weighted by Crippen LogP contribution is 2.20. The molecule has 0 heterocycles. The number of hydrogen-bond donors (Lipinski definition) is 1. The van der Waals surface area contributed by atoms with Crippen LogP contribution in [0.15, 0.2) is 66.7 Å². The van der Waals surface area contributed by atoms with Gasteiger partial charge in [-0.2, -0.15) is 0 Å². The van der Waals surface area contributed by atoms with Crippen molar-refractivity contribution >= 4 is 22.4 Å². The summed E-state index contributed by atoms with van der Waals surface area (Å²) >= 11 is 0. The van der Waals surface area contributed by atoms with Crippen LogP contribution in [-0.4, -0.2) is 12.5 Å². The SMILES string of the molecule is CCCOc1ccc(NC(=O)Cc2cccc3ccccc23)cc1. The van der Waals surface area contributed by atoms with Crippen LogP contribution >= 0.6 is 0 Å². The van der Waals surface area contributed by atoms with E-state index in [1.807, 2.05) is 48.5 Å². The number of fused-ring (bicyclic) bond motifs is 1. The summed E-state index contributed by atoms with van der Waals surface area (Å²) in [6.07, 6.45) is 1.33. The number of carbonyl (C=O) groups excluding carboxylic acids is 1. The van der Waals surface area contributed by atoms with Crippen LogP contribution in [0.1, 0.15) is 18.9 Å². The maximum absolute atomic E-state index is 12.3. The average molecular weight is 319 g/mol. The van der Waals surface area contributed by atoms with Gasteiger partial charge in [-0.3, -0.25) is 4.79 Å². The van der Waals surface area contributed by atoms with Crippen molar-refractivity contribution in [3.05, 3.63) is 72.3 Å². The van der Waals surface area contributed by atoms with Gasteiger partial charge < -0.3 is 10.1 Å². The number of amides is 1. The van der Waals surface area contributed by atoms with Crippen molar-refractivity contribution < 1.29 is 9.53 Å². The van der Waals surface area contributed by atoms with Crippen LogP contribution < -0.4 is 10.1 Å². The van der Waals surface area contributed by atoms with E-state index in [4.69, 9.17) is 4.74 Å². The van der Waals surface area contributed by atoms with E-state index in [2.05, 4.69) is 30.4 Å². The van der Waals surface area contributed by atoms with Crippen LogP contribution in [0, 0.1) is 0 Å². The summed E-state index contributed by atoms with van der Waals surface area (Å²) in [4.78, 5) is 12.3. The lowest BCUT2D eigenvalue weighted by molar-refractivity contribution is -0.115. The van der Waals surface area contributed by atoms with Gasteiger partial charge in [0, 0.05) is 5.69 Å². The molecule has 0 atom stereocenters. The molecule has 24 heavy (non-hydrogen) atoms. The molecule has 0 aliphatic heterocycles. The van der Waals surface area contributed by atoms with Gasteiger partial charge in [-0.05, 0) is 47.0 Å². The molecular weight excluding hydrogens is 298 g/mol. The van der Waals surface area contributed by atoms with Crippen LogP contribution in [0.3, 0.4) is 0 Å². The highest BCUT2D eigenvalue weighted by Gasteiger charge is 2.07. The standard InChI is InChI=1S/C21H21NO2/c1-2-14-24-19-12-10-18(11-13-19)22-21(23)15-17-8-5-7-16-6-3-4-9-20(16)17/h3-13H,2,14-15H2,1H3,(H,22,23). The van der Waals surface area contributed by atoms with Crippen molar-refractivity contribution in [2.45, 2.75) is 19.8 Å². The molecule has 0 radical (unpaired) electrons. The van der Waals surface area contributed by atoms with Crippen molar-refractivity contribution in [1.29, 1.82) is 0 Å². The first-order valence-electron chi connectivity index (χ1n) is 8.25. The summed E-state index contributed by atoms with van der Waals surface area (Å²) in [6.45, 7) is 2.77. The summed E-state index contributed by atoms with van der Waals surface area (Å²) in [5, 5.41) is 5.22. The Morgan fingerprint density at radius 2 is 1.71 bits per heavy atom. The molecule has 0 spiro atoms. The van der Waals surface area contributed by atoms with Crippen molar-refractivity contribution in [2.24, 2.45) is 0 Å². The first kappa shape index (κ1) is 16.1. The van der Waals surface area contributed by atoms with Gasteiger partial charge in [0.25, 0.3) is 0 Å². The molecule has 122 valence electrons. The Morgan fingerprint density at radius 3 is 2.50 bits per heavy atom. The Hall–Kier alpha value is -2.81. The molecule has 0 bridgehead atoms. The summed E-state index contributed by atoms with van der Waals surface area (Å²) in [5.74, 6) is 0.803. The molecule has 0 fully saturated rings. The first-order valence-corrected chi connectivity index (χ1v) is 8.25. The molecule has 1 N–H and O–H groups in total. The molecule has 0 saturated carbocycles. The first-order chi connectivity index (χ1) is 11.8. The molecule has 0 unspecified atom stereocenters. The predicted octanol–water partition coefficient (Wildman–Crippen LogP) is 4.81. The maximum atomic E-state index is 12.3. The van der Waals surface area contributed by atoms with Crippen molar-refractivity contribution in [3.63, 3.8) is 0 Å². The lowest BCUT2D eigenvalue weighted by atomic mass is 10.0. The minimum atomic E-state index is -0.0198. The van der Waals surface area contributed by atoms with Gasteiger partial charge in [0.2, 0.25) is 5.91 Å². The number of carbonyl (C=O) groups is 1. The number of hydrogen-bond acceptors (Lipinski definition) is 2. The molecular formula is C21H21NO2. The zero-order chi connectivity index (χ0) is 16.8. The van der Waals surface area contributed by atoms with Gasteiger partial charge in [0.05, 0.1) is 13.0 Å². The Balaban J connectivity index is 1.67. The highest BCUT2D eigenvalue weighted by atomic mass is 16.5. The monoisotopic (exact) mass is 319 g/mol. The lowest BCUT2D eigenvalue weighted by Crippen LogP contribution is -2.14. The number of ether oxygens (including phenoxy) is 1. The number of rotatable bonds is 6. The average Bonchev–Trinajstić information content (AvgIpc) is 2.61. The Kier molecular flexibility index (Phi) is 5.12. The Morgan fingerprint density at radius 1 is 0.958 bits per heavy atom. The number of nitrogens with one attached hydrogen (secondary N) is 1. The third kappa shape index (κ3) is 3.93. The van der Waals surface area contributed by atoms with Crippen molar-refractivity contribution in [3.8, 4) is 5.75 Å². The molecule has 3 aromatic carbocycles. The van der Waals surface area contributed by atoms with E-state index in [1.165, 1.54) is 0 Å². The van der Waals surface area contributed by atoms with E-state index < -0.39 is 0 Å². The molecule has 3 rings (SSSR count). The molecule has 0 saturated heterocycles. The quantitative estimate of drug-likeness (QED) is 0.708. The largest absolute Gasteiger partial charge is 0.494 e. The van der Waals surface area contributed by atoms with Gasteiger partial charge in [-0.1, -0.05) is 49.4 Å². The van der Waals surface area contributed by atoms with E-state index >= 15 is 0 Å². The van der Waals surface area contributed by atoms with Crippen LogP contribution in [0.4, 0.5) is 5.69 Å². The van der Waals surface area contributed by atoms with Gasteiger partial charge in [0.15, 0.2) is 0 Å². The fourth-order valence-electron chi connectivity index (χ4n) is 2.68. The molecule has 0 aliphatic rings. The predicted molar refractivity (Wildman–Crippen MR) is 98.5 cm³/mol. The van der Waals surface area contributed by atoms with E-state index in [9.17, 15) is 4.79 Å². The topological polar surface area (TPSA) is 38.3 Å². The van der Waals surface area contributed by atoms with Gasteiger partial charge >= 0.3 is 0 Å². The second-order valence-corrected chi connectivity index (χ2v) is 5.74. The second-order valence-electron chi connectivity index (χ2n) is 5.74.